The van der Waals surface area contributed by atoms with Crippen molar-refractivity contribution < 1.29 is 4.74 Å². The summed E-state index contributed by atoms with van der Waals surface area (Å²) in [5.74, 6) is 0. The molecule has 0 aliphatic heterocycles. The Kier molecular flexibility index (Phi) is 4.40. The Labute approximate surface area is 117 Å². The van der Waals surface area contributed by atoms with Crippen LogP contribution in [0.25, 0.3) is 0 Å². The molecule has 2 rings (SSSR count). The lowest BCUT2D eigenvalue weighted by molar-refractivity contribution is 0.185. The minimum absolute atomic E-state index is 0.445. The summed E-state index contributed by atoms with van der Waals surface area (Å²) >= 11 is 5.99. The number of nitrogens with one attached hydrogen (secondary N) is 1. The van der Waals surface area contributed by atoms with Crippen LogP contribution in [0.2, 0.25) is 5.02 Å². The van der Waals surface area contributed by atoms with Crippen molar-refractivity contribution in [2.24, 2.45) is 0 Å². The lowest BCUT2D eigenvalue weighted by atomic mass is 10.1. The van der Waals surface area contributed by atoms with E-state index in [2.05, 4.69) is 11.4 Å². The van der Waals surface area contributed by atoms with Gasteiger partial charge in [0.05, 0.1) is 22.9 Å². The minimum Gasteiger partial charge on any atom is -0.380 e. The third-order valence-electron chi connectivity index (χ3n) is 2.64. The van der Waals surface area contributed by atoms with Gasteiger partial charge in [0.2, 0.25) is 0 Å². The molecule has 0 saturated carbocycles. The fraction of sp³-hybridized carbons (Fsp3) is 0.133. The molecule has 0 aliphatic rings. The molecule has 19 heavy (non-hydrogen) atoms. The topological polar surface area (TPSA) is 45.0 Å². The smallest absolute Gasteiger partial charge is 0.103 e. The number of anilines is 2. The maximum Gasteiger partial charge on any atom is 0.103 e. The monoisotopic (exact) mass is 272 g/mol. The van der Waals surface area contributed by atoms with E-state index in [4.69, 9.17) is 21.6 Å². The zero-order valence-corrected chi connectivity index (χ0v) is 11.2. The van der Waals surface area contributed by atoms with Crippen molar-refractivity contribution >= 4 is 23.0 Å². The van der Waals surface area contributed by atoms with Crippen molar-refractivity contribution in [3.63, 3.8) is 0 Å². The zero-order valence-electron chi connectivity index (χ0n) is 10.5. The molecule has 0 unspecified atom stereocenters. The fourth-order valence-electron chi connectivity index (χ4n) is 1.80. The van der Waals surface area contributed by atoms with Gasteiger partial charge in [-0.1, -0.05) is 29.8 Å². The van der Waals surface area contributed by atoms with Crippen molar-refractivity contribution in [1.29, 1.82) is 5.26 Å². The summed E-state index contributed by atoms with van der Waals surface area (Å²) in [4.78, 5) is 0. The molecular weight excluding hydrogens is 260 g/mol. The lowest BCUT2D eigenvalue weighted by Gasteiger charge is -2.10. The van der Waals surface area contributed by atoms with Crippen molar-refractivity contribution in [2.75, 3.05) is 12.4 Å². The highest BCUT2D eigenvalue weighted by molar-refractivity contribution is 6.32. The van der Waals surface area contributed by atoms with E-state index in [0.717, 1.165) is 11.3 Å². The maximum absolute atomic E-state index is 9.12. The second-order valence-electron chi connectivity index (χ2n) is 4.03. The van der Waals surface area contributed by atoms with Crippen LogP contribution in [0, 0.1) is 11.3 Å². The molecule has 0 bridgehead atoms. The predicted octanol–water partition coefficient (Wildman–Crippen LogP) is 4.10. The molecule has 0 aromatic heterocycles. The quantitative estimate of drug-likeness (QED) is 0.911. The van der Waals surface area contributed by atoms with Crippen molar-refractivity contribution in [3.8, 4) is 6.07 Å². The van der Waals surface area contributed by atoms with Gasteiger partial charge in [-0.25, -0.2) is 0 Å². The average molecular weight is 273 g/mol. The van der Waals surface area contributed by atoms with Gasteiger partial charge in [-0.15, -0.1) is 0 Å². The number of benzene rings is 2. The van der Waals surface area contributed by atoms with Gasteiger partial charge >= 0.3 is 0 Å². The predicted molar refractivity (Wildman–Crippen MR) is 76.6 cm³/mol. The van der Waals surface area contributed by atoms with Crippen LogP contribution in [0.5, 0.6) is 0 Å². The number of methoxy groups -OCH3 is 1. The molecule has 0 atom stereocenters. The summed E-state index contributed by atoms with van der Waals surface area (Å²) in [5.41, 5.74) is 3.10. The van der Waals surface area contributed by atoms with Crippen LogP contribution < -0.4 is 5.32 Å². The van der Waals surface area contributed by atoms with Gasteiger partial charge in [0, 0.05) is 12.8 Å². The van der Waals surface area contributed by atoms with E-state index in [1.54, 1.807) is 13.2 Å². The van der Waals surface area contributed by atoms with Gasteiger partial charge in [-0.05, 0) is 29.8 Å². The average Bonchev–Trinajstić information content (AvgIpc) is 2.40. The van der Waals surface area contributed by atoms with Gasteiger partial charge in [-0.3, -0.25) is 0 Å². The Balaban J connectivity index is 2.29. The maximum atomic E-state index is 9.12. The van der Waals surface area contributed by atoms with Crippen LogP contribution >= 0.6 is 11.6 Å². The molecule has 0 fully saturated rings. The van der Waals surface area contributed by atoms with Gasteiger partial charge in [0.25, 0.3) is 0 Å². The Hall–Kier alpha value is -2.02. The molecule has 2 aromatic carbocycles. The largest absolute Gasteiger partial charge is 0.380 e. The van der Waals surface area contributed by atoms with Crippen LogP contribution in [-0.4, -0.2) is 7.11 Å². The van der Waals surface area contributed by atoms with Crippen LogP contribution in [0.1, 0.15) is 11.1 Å². The Morgan fingerprint density at radius 2 is 2.05 bits per heavy atom. The van der Waals surface area contributed by atoms with E-state index >= 15 is 0 Å². The number of rotatable bonds is 4. The molecule has 0 heterocycles. The number of hydrogen-bond donors (Lipinski definition) is 1. The van der Waals surface area contributed by atoms with E-state index in [1.165, 1.54) is 0 Å². The number of halogens is 1. The molecule has 4 heteroatoms. The van der Waals surface area contributed by atoms with Crippen LogP contribution in [0.4, 0.5) is 11.4 Å². The van der Waals surface area contributed by atoms with Crippen LogP contribution in [0.3, 0.4) is 0 Å². The summed E-state index contributed by atoms with van der Waals surface area (Å²) in [7, 11) is 1.66. The van der Waals surface area contributed by atoms with Gasteiger partial charge in [0.1, 0.15) is 6.07 Å². The Morgan fingerprint density at radius 1 is 1.26 bits per heavy atom. The van der Waals surface area contributed by atoms with Gasteiger partial charge in [-0.2, -0.15) is 5.26 Å². The lowest BCUT2D eigenvalue weighted by Crippen LogP contribution is -1.95. The van der Waals surface area contributed by atoms with Crippen molar-refractivity contribution in [2.45, 2.75) is 6.61 Å². The van der Waals surface area contributed by atoms with Gasteiger partial charge in [0.15, 0.2) is 0 Å². The number of nitriles is 1. The van der Waals surface area contributed by atoms with E-state index in [1.807, 2.05) is 36.4 Å². The standard InChI is InChI=1S/C15H13ClN2O/c1-19-10-11-4-2-5-12(8-11)18-15-7-3-6-14(16)13(15)9-17/h2-8,18H,10H2,1H3. The summed E-state index contributed by atoms with van der Waals surface area (Å²) < 4.78 is 5.10. The molecule has 0 radical (unpaired) electrons. The summed E-state index contributed by atoms with van der Waals surface area (Å²) in [6, 6.07) is 15.3. The van der Waals surface area contributed by atoms with E-state index in [0.29, 0.717) is 22.9 Å². The molecule has 0 spiro atoms. The van der Waals surface area contributed by atoms with E-state index in [-0.39, 0.29) is 0 Å². The summed E-state index contributed by atoms with van der Waals surface area (Å²) in [6.45, 7) is 0.552. The third-order valence-corrected chi connectivity index (χ3v) is 2.96. The zero-order chi connectivity index (χ0) is 13.7. The molecule has 0 aliphatic carbocycles. The number of hydrogen-bond acceptors (Lipinski definition) is 3. The van der Waals surface area contributed by atoms with Crippen LogP contribution in [-0.2, 0) is 11.3 Å². The Bertz CT molecular complexity index is 620. The number of nitrogens with zero attached hydrogens (tertiary/aromatic N) is 1. The number of ether oxygens (including phenoxy) is 1. The molecule has 1 N–H and O–H groups in total. The highest BCUT2D eigenvalue weighted by Gasteiger charge is 2.06. The molecule has 0 amide bonds. The summed E-state index contributed by atoms with van der Waals surface area (Å²) in [6.07, 6.45) is 0. The molecule has 2 aromatic rings. The third kappa shape index (κ3) is 3.25. The Morgan fingerprint density at radius 3 is 2.79 bits per heavy atom. The SMILES string of the molecule is COCc1cccc(Nc2cccc(Cl)c2C#N)c1. The highest BCUT2D eigenvalue weighted by Crippen LogP contribution is 2.26. The molecule has 0 saturated heterocycles. The highest BCUT2D eigenvalue weighted by atomic mass is 35.5. The molecule has 3 nitrogen and oxygen atoms in total. The molecular formula is C15H13ClN2O. The first-order valence-corrected chi connectivity index (χ1v) is 6.16. The first kappa shape index (κ1) is 13.4. The van der Waals surface area contributed by atoms with Crippen LogP contribution in [0.15, 0.2) is 42.5 Å². The van der Waals surface area contributed by atoms with Crippen molar-refractivity contribution in [3.05, 3.63) is 58.6 Å². The normalized spacial score (nSPS) is 9.95. The second kappa shape index (κ2) is 6.24. The first-order chi connectivity index (χ1) is 9.24. The second-order valence-corrected chi connectivity index (χ2v) is 4.44. The fourth-order valence-corrected chi connectivity index (χ4v) is 2.02. The van der Waals surface area contributed by atoms with E-state index < -0.39 is 0 Å². The van der Waals surface area contributed by atoms with Gasteiger partial charge < -0.3 is 10.1 Å². The first-order valence-electron chi connectivity index (χ1n) is 5.78. The minimum atomic E-state index is 0.445. The van der Waals surface area contributed by atoms with E-state index in [9.17, 15) is 0 Å². The summed E-state index contributed by atoms with van der Waals surface area (Å²) in [5, 5.41) is 12.8. The van der Waals surface area contributed by atoms with Crippen molar-refractivity contribution in [1.82, 2.24) is 0 Å². The molecule has 96 valence electrons.